The Bertz CT molecular complexity index is 344. The molecule has 0 unspecified atom stereocenters. The summed E-state index contributed by atoms with van der Waals surface area (Å²) in [7, 11) is 1.69. The Balaban J connectivity index is 0. The van der Waals surface area contributed by atoms with Crippen LogP contribution in [0.2, 0.25) is 0 Å². The van der Waals surface area contributed by atoms with Gasteiger partial charge in [0, 0.05) is 0 Å². The van der Waals surface area contributed by atoms with Crippen molar-refractivity contribution in [1.29, 1.82) is 0 Å². The monoisotopic (exact) mass is 419 g/mol. The molecular formula is C17H32N3NbOS-3. The molecule has 0 atom stereocenters. The van der Waals surface area contributed by atoms with Gasteiger partial charge in [-0.15, -0.1) is 13.1 Å². The van der Waals surface area contributed by atoms with Crippen LogP contribution < -0.4 is 0 Å². The molecule has 4 nitrogen and oxygen atoms in total. The Morgan fingerprint density at radius 3 is 2.35 bits per heavy atom. The molecule has 0 heterocycles. The molecule has 0 fully saturated rings. The molecule has 1 aromatic rings. The number of hydrogen-bond donors (Lipinski definition) is 0. The van der Waals surface area contributed by atoms with Gasteiger partial charge in [0.15, 0.2) is 0 Å². The molecule has 6 heteroatoms. The maximum atomic E-state index is 4.91. The summed E-state index contributed by atoms with van der Waals surface area (Å²) in [5.74, 6) is 0. The topological polar surface area (TPSA) is 49.8 Å². The van der Waals surface area contributed by atoms with E-state index in [1.165, 1.54) is 38.4 Å². The third-order valence-corrected chi connectivity index (χ3v) is 4.39. The Labute approximate surface area is 159 Å². The first-order chi connectivity index (χ1) is 11.0. The fourth-order valence-electron chi connectivity index (χ4n) is 1.46. The molecule has 0 saturated heterocycles. The molecule has 0 radical (unpaired) electrons. The van der Waals surface area contributed by atoms with E-state index in [1.54, 1.807) is 7.11 Å². The van der Waals surface area contributed by atoms with E-state index in [9.17, 15) is 0 Å². The molecule has 0 aliphatic rings. The van der Waals surface area contributed by atoms with E-state index in [0.29, 0.717) is 6.61 Å². The predicted octanol–water partition coefficient (Wildman–Crippen LogP) is 5.14. The van der Waals surface area contributed by atoms with Gasteiger partial charge < -0.3 is 10.0 Å². The van der Waals surface area contributed by atoms with Gasteiger partial charge in [-0.2, -0.15) is 24.2 Å². The first-order valence-corrected chi connectivity index (χ1v) is 10.0. The van der Waals surface area contributed by atoms with E-state index in [0.717, 1.165) is 26.1 Å². The van der Waals surface area contributed by atoms with Gasteiger partial charge in [0.25, 0.3) is 0 Å². The summed E-state index contributed by atoms with van der Waals surface area (Å²) in [4.78, 5) is 0. The number of hydrogen-bond acceptors (Lipinski definition) is 3. The Hall–Kier alpha value is 0.120. The SMILES string of the molecule is CC[N-]CCc1ccc[cH-]1.CC[N-]SC.COCC(C)(C)[N]=[Nb]. The van der Waals surface area contributed by atoms with E-state index < -0.39 is 0 Å². The summed E-state index contributed by atoms with van der Waals surface area (Å²) >= 11 is 3.01. The fraction of sp³-hybridized carbons (Fsp3) is 0.706. The van der Waals surface area contributed by atoms with Crippen molar-refractivity contribution in [2.75, 3.05) is 39.6 Å². The van der Waals surface area contributed by atoms with E-state index >= 15 is 0 Å². The zero-order chi connectivity index (χ0) is 18.0. The normalized spacial score (nSPS) is 10.1. The summed E-state index contributed by atoms with van der Waals surface area (Å²) in [5.41, 5.74) is 1.42. The molecule has 0 spiro atoms. The van der Waals surface area contributed by atoms with E-state index in [4.69, 9.17) is 4.74 Å². The van der Waals surface area contributed by atoms with E-state index in [2.05, 4.69) is 58.4 Å². The average Bonchev–Trinajstić information content (AvgIpc) is 3.03. The van der Waals surface area contributed by atoms with Crippen molar-refractivity contribution in [3.05, 3.63) is 39.9 Å². The molecular weight excluding hydrogens is 387 g/mol. The number of rotatable bonds is 9. The molecule has 23 heavy (non-hydrogen) atoms. The van der Waals surface area contributed by atoms with Gasteiger partial charge in [0.1, 0.15) is 0 Å². The Morgan fingerprint density at radius 1 is 1.35 bits per heavy atom. The Morgan fingerprint density at radius 2 is 2.04 bits per heavy atom. The minimum atomic E-state index is 0.0170. The summed E-state index contributed by atoms with van der Waals surface area (Å²) in [6.45, 7) is 11.8. The molecule has 0 aliphatic heterocycles. The first kappa shape index (κ1) is 25.4. The molecule has 1 rings (SSSR count). The summed E-state index contributed by atoms with van der Waals surface area (Å²) < 4.78 is 12.9. The molecule has 135 valence electrons. The zero-order valence-corrected chi connectivity index (χ0v) is 18.5. The van der Waals surface area contributed by atoms with Crippen molar-refractivity contribution in [2.45, 2.75) is 39.7 Å². The van der Waals surface area contributed by atoms with Crippen LogP contribution in [-0.2, 0) is 32.0 Å². The maximum absolute atomic E-state index is 4.91. The summed E-state index contributed by atoms with van der Waals surface area (Å²) in [5, 5.41) is 4.25. The number of methoxy groups -OCH3 is 1. The first-order valence-electron chi connectivity index (χ1n) is 7.86. The van der Waals surface area contributed by atoms with Crippen LogP contribution in [0.15, 0.2) is 27.6 Å². The number of nitrogens with zero attached hydrogens (tertiary/aromatic N) is 3. The standard InChI is InChI=1S/C9H13N.C5H11NO.C3H8NS.Nb/c1-2-10-8-7-9-5-3-4-6-9;1-5(2,6)4-7-3;1-3-4-5-2;/h3-6H,2,7-8H2,1H3;4H2,1-3H3;3H2,1-2H3;/q-2;;-1;. The van der Waals surface area contributed by atoms with Crippen molar-refractivity contribution in [2.24, 2.45) is 3.34 Å². The van der Waals surface area contributed by atoms with Gasteiger partial charge in [-0.25, -0.2) is 12.1 Å². The number of likely N-dealkylation sites (N-methyl/N-ethyl adjacent to an activating group) is 1. The van der Waals surface area contributed by atoms with Crippen LogP contribution in [0.4, 0.5) is 0 Å². The zero-order valence-electron chi connectivity index (χ0n) is 15.5. The Kier molecular flexibility index (Phi) is 20.4. The molecule has 1 aromatic carbocycles. The van der Waals surface area contributed by atoms with Crippen molar-refractivity contribution < 1.29 is 25.6 Å². The second-order valence-corrected chi connectivity index (χ2v) is 6.39. The second-order valence-electron chi connectivity index (χ2n) is 5.28. The van der Waals surface area contributed by atoms with Crippen LogP contribution in [0.1, 0.15) is 33.3 Å². The van der Waals surface area contributed by atoms with Gasteiger partial charge >= 0.3 is 62.1 Å². The van der Waals surface area contributed by atoms with Crippen LogP contribution >= 0.6 is 11.9 Å². The van der Waals surface area contributed by atoms with Gasteiger partial charge in [0.05, 0.1) is 0 Å². The summed E-state index contributed by atoms with van der Waals surface area (Å²) in [6.07, 6.45) is 3.06. The second kappa shape index (κ2) is 18.5. The van der Waals surface area contributed by atoms with Gasteiger partial charge in [0.2, 0.25) is 0 Å². The molecule has 0 amide bonds. The van der Waals surface area contributed by atoms with Crippen molar-refractivity contribution in [3.63, 3.8) is 0 Å². The number of ether oxygens (including phenoxy) is 1. The molecule has 0 aromatic heterocycles. The molecule has 0 bridgehead atoms. The van der Waals surface area contributed by atoms with E-state index in [1.807, 2.05) is 13.2 Å². The molecule has 0 N–H and O–H groups in total. The predicted molar refractivity (Wildman–Crippen MR) is 100 cm³/mol. The van der Waals surface area contributed by atoms with Gasteiger partial charge in [-0.05, 0) is 6.26 Å². The fourth-order valence-corrected chi connectivity index (χ4v) is 1.86. The van der Waals surface area contributed by atoms with Crippen LogP contribution in [0.5, 0.6) is 0 Å². The summed E-state index contributed by atoms with van der Waals surface area (Å²) in [6, 6.07) is 8.43. The molecule has 0 aliphatic carbocycles. The quantitative estimate of drug-likeness (QED) is 0.241. The van der Waals surface area contributed by atoms with Crippen molar-refractivity contribution in [1.82, 2.24) is 0 Å². The van der Waals surface area contributed by atoms with E-state index in [-0.39, 0.29) is 5.54 Å². The van der Waals surface area contributed by atoms with Gasteiger partial charge in [-0.3, -0.25) is 11.9 Å². The van der Waals surface area contributed by atoms with Gasteiger partial charge in [-0.1, -0.05) is 20.3 Å². The van der Waals surface area contributed by atoms with Crippen molar-refractivity contribution >= 4 is 11.9 Å². The van der Waals surface area contributed by atoms with Crippen LogP contribution in [0.25, 0.3) is 10.0 Å². The minimum absolute atomic E-state index is 0.0170. The van der Waals surface area contributed by atoms with Crippen LogP contribution in [-0.4, -0.2) is 45.1 Å². The third kappa shape index (κ3) is 20.1. The third-order valence-electron chi connectivity index (χ3n) is 2.54. The average molecular weight is 419 g/mol. The van der Waals surface area contributed by atoms with Crippen LogP contribution in [0, 0.1) is 0 Å². The van der Waals surface area contributed by atoms with Crippen LogP contribution in [0.3, 0.4) is 0 Å². The van der Waals surface area contributed by atoms with Crippen molar-refractivity contribution in [3.8, 4) is 0 Å². The molecule has 0 saturated carbocycles.